The Balaban J connectivity index is 3.24. The summed E-state index contributed by atoms with van der Waals surface area (Å²) in [4.78, 5) is 0. The van der Waals surface area contributed by atoms with Gasteiger partial charge in [-0.15, -0.1) is 11.6 Å². The van der Waals surface area contributed by atoms with Crippen molar-refractivity contribution in [2.75, 3.05) is 7.11 Å². The maximum atomic E-state index is 5.92. The van der Waals surface area contributed by atoms with Gasteiger partial charge in [0.05, 0.1) is 7.11 Å². The van der Waals surface area contributed by atoms with Crippen LogP contribution in [0.3, 0.4) is 0 Å². The van der Waals surface area contributed by atoms with Gasteiger partial charge in [-0.05, 0) is 30.2 Å². The van der Waals surface area contributed by atoms with Crippen molar-refractivity contribution in [2.45, 2.75) is 12.8 Å². The van der Waals surface area contributed by atoms with E-state index in [0.29, 0.717) is 10.9 Å². The number of halogens is 2. The number of hydrogen-bond acceptors (Lipinski definition) is 1. The van der Waals surface area contributed by atoms with Crippen LogP contribution in [0.1, 0.15) is 11.1 Å². The van der Waals surface area contributed by atoms with Gasteiger partial charge in [0.25, 0.3) is 0 Å². The van der Waals surface area contributed by atoms with Gasteiger partial charge >= 0.3 is 0 Å². The molecular weight excluding hydrogens is 195 g/mol. The maximum Gasteiger partial charge on any atom is 0.122 e. The molecule has 1 nitrogen and oxygen atoms in total. The van der Waals surface area contributed by atoms with Gasteiger partial charge < -0.3 is 4.74 Å². The minimum atomic E-state index is 0.419. The number of ether oxygens (including phenoxy) is 1. The Bertz CT molecular complexity index is 284. The van der Waals surface area contributed by atoms with E-state index in [0.717, 1.165) is 16.9 Å². The Morgan fingerprint density at radius 2 is 2.08 bits per heavy atom. The smallest absolute Gasteiger partial charge is 0.122 e. The van der Waals surface area contributed by atoms with Gasteiger partial charge in [0.2, 0.25) is 0 Å². The van der Waals surface area contributed by atoms with E-state index in [1.54, 1.807) is 13.2 Å². The fourth-order valence-corrected chi connectivity index (χ4v) is 1.77. The minimum absolute atomic E-state index is 0.419. The molecule has 1 rings (SSSR count). The normalized spacial score (nSPS) is 10.0. The van der Waals surface area contributed by atoms with Crippen molar-refractivity contribution in [3.05, 3.63) is 28.3 Å². The molecule has 66 valence electrons. The van der Waals surface area contributed by atoms with Crippen molar-refractivity contribution >= 4 is 23.2 Å². The monoisotopic (exact) mass is 204 g/mol. The highest BCUT2D eigenvalue weighted by Gasteiger charge is 2.07. The second-order valence-corrected chi connectivity index (χ2v) is 3.16. The molecule has 3 heteroatoms. The first kappa shape index (κ1) is 9.69. The van der Waals surface area contributed by atoms with Crippen molar-refractivity contribution in [1.29, 1.82) is 0 Å². The van der Waals surface area contributed by atoms with E-state index in [1.165, 1.54) is 0 Å². The zero-order valence-corrected chi connectivity index (χ0v) is 8.54. The summed E-state index contributed by atoms with van der Waals surface area (Å²) < 4.78 is 5.13. The molecule has 12 heavy (non-hydrogen) atoms. The first-order chi connectivity index (χ1) is 5.70. The van der Waals surface area contributed by atoms with Gasteiger partial charge in [-0.2, -0.15) is 0 Å². The van der Waals surface area contributed by atoms with E-state index in [9.17, 15) is 0 Å². The van der Waals surface area contributed by atoms with E-state index in [2.05, 4.69) is 0 Å². The second-order valence-electron chi connectivity index (χ2n) is 2.49. The molecule has 0 unspecified atom stereocenters. The summed E-state index contributed by atoms with van der Waals surface area (Å²) >= 11 is 11.6. The summed E-state index contributed by atoms with van der Waals surface area (Å²) in [6, 6.07) is 3.64. The Hall–Kier alpha value is -0.400. The third-order valence-electron chi connectivity index (χ3n) is 1.85. The summed E-state index contributed by atoms with van der Waals surface area (Å²) in [6.07, 6.45) is 0. The van der Waals surface area contributed by atoms with Crippen LogP contribution in [0.5, 0.6) is 5.75 Å². The van der Waals surface area contributed by atoms with Crippen molar-refractivity contribution in [2.24, 2.45) is 0 Å². The second kappa shape index (κ2) is 4.01. The molecule has 0 radical (unpaired) electrons. The predicted octanol–water partition coefficient (Wildman–Crippen LogP) is 3.40. The lowest BCUT2D eigenvalue weighted by Crippen LogP contribution is -1.92. The molecule has 0 heterocycles. The van der Waals surface area contributed by atoms with E-state index >= 15 is 0 Å². The molecular formula is C9H10Cl2O. The highest BCUT2D eigenvalue weighted by atomic mass is 35.5. The summed E-state index contributed by atoms with van der Waals surface area (Å²) in [7, 11) is 1.63. The van der Waals surface area contributed by atoms with E-state index in [-0.39, 0.29) is 0 Å². The fourth-order valence-electron chi connectivity index (χ4n) is 1.09. The third-order valence-corrected chi connectivity index (χ3v) is 2.47. The summed E-state index contributed by atoms with van der Waals surface area (Å²) in [6.45, 7) is 1.95. The third kappa shape index (κ3) is 1.67. The molecule has 0 spiro atoms. The van der Waals surface area contributed by atoms with Crippen LogP contribution in [0, 0.1) is 6.92 Å². The lowest BCUT2D eigenvalue weighted by molar-refractivity contribution is 0.411. The van der Waals surface area contributed by atoms with Crippen molar-refractivity contribution in [3.63, 3.8) is 0 Å². The van der Waals surface area contributed by atoms with Gasteiger partial charge in [0.1, 0.15) is 5.75 Å². The molecule has 0 saturated carbocycles. The lowest BCUT2D eigenvalue weighted by Gasteiger charge is -2.09. The molecule has 1 aromatic carbocycles. The minimum Gasteiger partial charge on any atom is -0.496 e. The van der Waals surface area contributed by atoms with Crippen LogP contribution in [0.25, 0.3) is 0 Å². The van der Waals surface area contributed by atoms with Gasteiger partial charge in [-0.25, -0.2) is 0 Å². The van der Waals surface area contributed by atoms with Crippen molar-refractivity contribution < 1.29 is 4.74 Å². The average Bonchev–Trinajstić information content (AvgIpc) is 2.06. The topological polar surface area (TPSA) is 9.23 Å². The number of rotatable bonds is 2. The van der Waals surface area contributed by atoms with Gasteiger partial charge in [-0.1, -0.05) is 11.6 Å². The van der Waals surface area contributed by atoms with Crippen molar-refractivity contribution in [3.8, 4) is 5.75 Å². The van der Waals surface area contributed by atoms with Gasteiger partial charge in [0, 0.05) is 10.9 Å². The fraction of sp³-hybridized carbons (Fsp3) is 0.333. The van der Waals surface area contributed by atoms with Crippen LogP contribution in [-0.4, -0.2) is 7.11 Å². The number of alkyl halides is 1. The predicted molar refractivity (Wildman–Crippen MR) is 52.3 cm³/mol. The number of hydrogen-bond donors (Lipinski definition) is 0. The molecule has 0 amide bonds. The average molecular weight is 205 g/mol. The van der Waals surface area contributed by atoms with Crippen molar-refractivity contribution in [1.82, 2.24) is 0 Å². The Morgan fingerprint density at radius 1 is 1.42 bits per heavy atom. The molecule has 0 aliphatic rings. The van der Waals surface area contributed by atoms with Crippen LogP contribution in [-0.2, 0) is 5.88 Å². The Labute approximate surface area is 82.2 Å². The van der Waals surface area contributed by atoms with E-state index in [1.807, 2.05) is 13.0 Å². The molecule has 0 atom stereocenters. The summed E-state index contributed by atoms with van der Waals surface area (Å²) in [5.74, 6) is 1.25. The highest BCUT2D eigenvalue weighted by Crippen LogP contribution is 2.28. The molecule has 1 aromatic rings. The molecule has 0 N–H and O–H groups in total. The van der Waals surface area contributed by atoms with Crippen LogP contribution in [0.4, 0.5) is 0 Å². The first-order valence-corrected chi connectivity index (χ1v) is 4.50. The maximum absolute atomic E-state index is 5.92. The van der Waals surface area contributed by atoms with Crippen LogP contribution < -0.4 is 4.74 Å². The molecule has 0 saturated heterocycles. The highest BCUT2D eigenvalue weighted by molar-refractivity contribution is 6.32. The standard InChI is InChI=1S/C9H10Cl2O/c1-6-7(5-10)8(11)3-4-9(6)12-2/h3-4H,5H2,1-2H3. The quantitative estimate of drug-likeness (QED) is 0.672. The molecule has 0 aromatic heterocycles. The number of benzene rings is 1. The van der Waals surface area contributed by atoms with Crippen LogP contribution in [0.2, 0.25) is 5.02 Å². The van der Waals surface area contributed by atoms with E-state index < -0.39 is 0 Å². The van der Waals surface area contributed by atoms with Crippen LogP contribution >= 0.6 is 23.2 Å². The molecule has 0 aliphatic carbocycles. The molecule has 0 aliphatic heterocycles. The number of methoxy groups -OCH3 is 1. The van der Waals surface area contributed by atoms with Gasteiger partial charge in [0.15, 0.2) is 0 Å². The lowest BCUT2D eigenvalue weighted by atomic mass is 10.1. The molecule has 0 bridgehead atoms. The first-order valence-electron chi connectivity index (χ1n) is 3.58. The molecule has 0 fully saturated rings. The largest absolute Gasteiger partial charge is 0.496 e. The SMILES string of the molecule is COc1ccc(Cl)c(CCl)c1C. The summed E-state index contributed by atoms with van der Waals surface area (Å²) in [5, 5.41) is 0.698. The van der Waals surface area contributed by atoms with Crippen LogP contribution in [0.15, 0.2) is 12.1 Å². The summed E-state index contributed by atoms with van der Waals surface area (Å²) in [5.41, 5.74) is 1.96. The van der Waals surface area contributed by atoms with Gasteiger partial charge in [-0.3, -0.25) is 0 Å². The Morgan fingerprint density at radius 3 is 2.58 bits per heavy atom. The zero-order chi connectivity index (χ0) is 9.14. The zero-order valence-electron chi connectivity index (χ0n) is 7.03. The van der Waals surface area contributed by atoms with E-state index in [4.69, 9.17) is 27.9 Å². The Kier molecular flexibility index (Phi) is 3.24.